The standard InChI is InChI=1S/C10H12N2O.Mg.2H/c11-4-3-7-6-12-10-2-1-8(13)5-9(7)10;;;/h1-2,5-6,12-13H,3-4,11H2;;;. The Hall–Kier alpha value is -0.714. The monoisotopic (exact) mass is 202 g/mol. The van der Waals surface area contributed by atoms with Crippen LogP contribution in [0.5, 0.6) is 5.75 Å². The summed E-state index contributed by atoms with van der Waals surface area (Å²) in [7, 11) is 0. The van der Waals surface area contributed by atoms with E-state index in [-0.39, 0.29) is 23.1 Å². The summed E-state index contributed by atoms with van der Waals surface area (Å²) < 4.78 is 0. The minimum atomic E-state index is 0. The van der Waals surface area contributed by atoms with E-state index in [2.05, 4.69) is 4.98 Å². The molecule has 0 saturated carbocycles. The van der Waals surface area contributed by atoms with Gasteiger partial charge in [-0.3, -0.25) is 0 Å². The fraction of sp³-hybridized carbons (Fsp3) is 0.200. The smallest absolute Gasteiger partial charge is 0.316 e. The van der Waals surface area contributed by atoms with Crippen molar-refractivity contribution in [2.45, 2.75) is 6.42 Å². The molecule has 2 rings (SSSR count). The molecule has 0 radical (unpaired) electrons. The third-order valence-electron chi connectivity index (χ3n) is 2.16. The van der Waals surface area contributed by atoms with Crippen LogP contribution in [0.3, 0.4) is 0 Å². The molecule has 4 heteroatoms. The molecule has 1 aromatic heterocycles. The maximum Gasteiger partial charge on any atom is 0.316 e. The van der Waals surface area contributed by atoms with Gasteiger partial charge in [0.1, 0.15) is 5.75 Å². The highest BCUT2D eigenvalue weighted by molar-refractivity contribution is 5.84. The number of rotatable bonds is 2. The average Bonchev–Trinajstić information content (AvgIpc) is 2.49. The van der Waals surface area contributed by atoms with Crippen LogP contribution in [0.15, 0.2) is 24.4 Å². The number of aromatic amines is 1. The Morgan fingerprint density at radius 3 is 2.86 bits per heavy atom. The van der Waals surface area contributed by atoms with Gasteiger partial charge in [-0.25, -0.2) is 0 Å². The molecule has 72 valence electrons. The Kier molecular flexibility index (Phi) is 3.80. The van der Waals surface area contributed by atoms with Gasteiger partial charge in [0.05, 0.1) is 0 Å². The second-order valence-corrected chi connectivity index (χ2v) is 3.08. The molecular formula is C10H14MgN2O. The summed E-state index contributed by atoms with van der Waals surface area (Å²) in [6, 6.07) is 5.30. The lowest BCUT2D eigenvalue weighted by Crippen LogP contribution is -2.01. The van der Waals surface area contributed by atoms with E-state index in [1.807, 2.05) is 12.3 Å². The summed E-state index contributed by atoms with van der Waals surface area (Å²) in [4.78, 5) is 3.13. The van der Waals surface area contributed by atoms with E-state index in [1.54, 1.807) is 12.1 Å². The second kappa shape index (κ2) is 4.68. The number of phenols is 1. The van der Waals surface area contributed by atoms with Crippen LogP contribution in [0, 0.1) is 0 Å². The molecule has 2 aromatic rings. The van der Waals surface area contributed by atoms with Crippen molar-refractivity contribution >= 4 is 34.0 Å². The highest BCUT2D eigenvalue weighted by atomic mass is 24.3. The van der Waals surface area contributed by atoms with Crippen LogP contribution in [0.2, 0.25) is 0 Å². The van der Waals surface area contributed by atoms with Gasteiger partial charge in [-0.1, -0.05) is 0 Å². The van der Waals surface area contributed by atoms with E-state index in [1.165, 1.54) is 0 Å². The highest BCUT2D eigenvalue weighted by Gasteiger charge is 2.02. The zero-order valence-electron chi connectivity index (χ0n) is 7.25. The number of aromatic nitrogens is 1. The topological polar surface area (TPSA) is 62.0 Å². The van der Waals surface area contributed by atoms with Gasteiger partial charge >= 0.3 is 23.1 Å². The predicted molar refractivity (Wildman–Crippen MR) is 61.3 cm³/mol. The van der Waals surface area contributed by atoms with Gasteiger partial charge < -0.3 is 15.8 Å². The number of hydrogen-bond donors (Lipinski definition) is 3. The molecule has 1 heterocycles. The van der Waals surface area contributed by atoms with Crippen molar-refractivity contribution in [3.05, 3.63) is 30.0 Å². The van der Waals surface area contributed by atoms with Crippen molar-refractivity contribution in [2.75, 3.05) is 6.54 Å². The number of phenolic OH excluding ortho intramolecular Hbond substituents is 1. The van der Waals surface area contributed by atoms with Crippen LogP contribution in [0.4, 0.5) is 0 Å². The van der Waals surface area contributed by atoms with E-state index in [9.17, 15) is 5.11 Å². The third kappa shape index (κ3) is 2.02. The van der Waals surface area contributed by atoms with E-state index in [0.29, 0.717) is 12.3 Å². The van der Waals surface area contributed by atoms with Crippen molar-refractivity contribution in [1.29, 1.82) is 0 Å². The molecule has 14 heavy (non-hydrogen) atoms. The summed E-state index contributed by atoms with van der Waals surface area (Å²) >= 11 is 0. The van der Waals surface area contributed by atoms with Gasteiger partial charge in [-0.2, -0.15) is 0 Å². The second-order valence-electron chi connectivity index (χ2n) is 3.08. The quantitative estimate of drug-likeness (QED) is 0.620. The fourth-order valence-electron chi connectivity index (χ4n) is 1.53. The van der Waals surface area contributed by atoms with Crippen molar-refractivity contribution in [3.8, 4) is 5.75 Å². The first-order valence-corrected chi connectivity index (χ1v) is 4.30. The number of H-pyrrole nitrogens is 1. The maximum atomic E-state index is 9.30. The molecule has 0 aliphatic rings. The first-order chi connectivity index (χ1) is 6.31. The van der Waals surface area contributed by atoms with Gasteiger partial charge in [-0.05, 0) is 36.7 Å². The van der Waals surface area contributed by atoms with Crippen molar-refractivity contribution in [2.24, 2.45) is 5.73 Å². The summed E-state index contributed by atoms with van der Waals surface area (Å²) in [6.07, 6.45) is 2.78. The lowest BCUT2D eigenvalue weighted by Gasteiger charge is -1.96. The molecule has 0 saturated heterocycles. The van der Waals surface area contributed by atoms with Gasteiger partial charge in [-0.15, -0.1) is 0 Å². The highest BCUT2D eigenvalue weighted by Crippen LogP contribution is 2.22. The van der Waals surface area contributed by atoms with Crippen LogP contribution in [-0.2, 0) is 6.42 Å². The van der Waals surface area contributed by atoms with Crippen LogP contribution in [0.1, 0.15) is 5.56 Å². The SMILES string of the molecule is NCCc1c[nH]c2ccc(O)cc12.[MgH2]. The molecule has 0 aliphatic heterocycles. The first-order valence-electron chi connectivity index (χ1n) is 4.30. The van der Waals surface area contributed by atoms with E-state index < -0.39 is 0 Å². The molecule has 1 aromatic carbocycles. The van der Waals surface area contributed by atoms with E-state index >= 15 is 0 Å². The lowest BCUT2D eigenvalue weighted by atomic mass is 10.1. The summed E-state index contributed by atoms with van der Waals surface area (Å²) in [5.41, 5.74) is 7.68. The van der Waals surface area contributed by atoms with Crippen molar-refractivity contribution in [1.82, 2.24) is 4.98 Å². The molecule has 0 bridgehead atoms. The lowest BCUT2D eigenvalue weighted by molar-refractivity contribution is 0.476. The Labute approximate surface area is 98.5 Å². The van der Waals surface area contributed by atoms with Gasteiger partial charge in [0.2, 0.25) is 0 Å². The zero-order chi connectivity index (χ0) is 9.26. The Morgan fingerprint density at radius 1 is 1.36 bits per heavy atom. The molecular weight excluding hydrogens is 188 g/mol. The van der Waals surface area contributed by atoms with E-state index in [4.69, 9.17) is 5.73 Å². The fourth-order valence-corrected chi connectivity index (χ4v) is 1.53. The number of hydrogen-bond acceptors (Lipinski definition) is 2. The average molecular weight is 203 g/mol. The third-order valence-corrected chi connectivity index (χ3v) is 2.16. The van der Waals surface area contributed by atoms with Gasteiger partial charge in [0, 0.05) is 17.1 Å². The minimum absolute atomic E-state index is 0. The Morgan fingerprint density at radius 2 is 2.14 bits per heavy atom. The molecule has 3 nitrogen and oxygen atoms in total. The van der Waals surface area contributed by atoms with Crippen LogP contribution >= 0.6 is 0 Å². The number of benzene rings is 1. The van der Waals surface area contributed by atoms with Crippen molar-refractivity contribution in [3.63, 3.8) is 0 Å². The number of nitrogens with one attached hydrogen (secondary N) is 1. The molecule has 0 unspecified atom stereocenters. The van der Waals surface area contributed by atoms with Crippen LogP contribution in [0.25, 0.3) is 10.9 Å². The zero-order valence-corrected chi connectivity index (χ0v) is 7.25. The molecule has 4 N–H and O–H groups in total. The summed E-state index contributed by atoms with van der Waals surface area (Å²) in [5.74, 6) is 0.297. The Bertz CT molecular complexity index is 425. The minimum Gasteiger partial charge on any atom is -0.508 e. The molecule has 0 atom stereocenters. The largest absolute Gasteiger partial charge is 0.508 e. The number of nitrogens with two attached hydrogens (primary N) is 1. The number of fused-ring (bicyclic) bond motifs is 1. The molecule has 0 spiro atoms. The Balaban J connectivity index is 0.000000980. The molecule has 0 fully saturated rings. The normalized spacial score (nSPS) is 10.1. The maximum absolute atomic E-state index is 9.30. The summed E-state index contributed by atoms with van der Waals surface area (Å²) in [6.45, 7) is 0.628. The molecule has 0 amide bonds. The van der Waals surface area contributed by atoms with Crippen LogP contribution in [-0.4, -0.2) is 39.7 Å². The summed E-state index contributed by atoms with van der Waals surface area (Å²) in [5, 5.41) is 10.4. The van der Waals surface area contributed by atoms with Gasteiger partial charge in [0.15, 0.2) is 0 Å². The van der Waals surface area contributed by atoms with E-state index in [0.717, 1.165) is 22.9 Å². The first kappa shape index (κ1) is 11.4. The van der Waals surface area contributed by atoms with Crippen LogP contribution < -0.4 is 5.73 Å². The number of aromatic hydroxyl groups is 1. The predicted octanol–water partition coefficient (Wildman–Crippen LogP) is 0.458. The molecule has 0 aliphatic carbocycles. The van der Waals surface area contributed by atoms with Gasteiger partial charge in [0.25, 0.3) is 0 Å². The van der Waals surface area contributed by atoms with Crippen molar-refractivity contribution < 1.29 is 5.11 Å².